The summed E-state index contributed by atoms with van der Waals surface area (Å²) in [4.78, 5) is 27.1. The number of aromatic nitrogens is 1. The molecule has 3 rings (SSSR count). The number of carbonyl (C=O) groups excluding carboxylic acids is 2. The van der Waals surface area contributed by atoms with Gasteiger partial charge in [-0.1, -0.05) is 6.07 Å². The molecule has 3 heterocycles. The van der Waals surface area contributed by atoms with Crippen molar-refractivity contribution in [2.24, 2.45) is 0 Å². The Hall–Kier alpha value is -2.08. The number of nitrogens with zero attached hydrogens (tertiary/aromatic N) is 2. The van der Waals surface area contributed by atoms with Crippen LogP contribution in [-0.4, -0.2) is 34.4 Å². The molecule has 1 aliphatic rings. The van der Waals surface area contributed by atoms with Gasteiger partial charge >= 0.3 is 0 Å². The fourth-order valence-electron chi connectivity index (χ4n) is 3.27. The first-order valence-electron chi connectivity index (χ1n) is 8.34. The van der Waals surface area contributed by atoms with Crippen LogP contribution < -0.4 is 5.32 Å². The SMILES string of the molecule is CC(=O)N[C@@H](CC(=O)N1CCC(n2cccc2)CC1)c1cccs1. The number of hydrogen-bond donors (Lipinski definition) is 1. The first-order valence-corrected chi connectivity index (χ1v) is 9.22. The van der Waals surface area contributed by atoms with Crippen LogP contribution >= 0.6 is 11.3 Å². The van der Waals surface area contributed by atoms with E-state index in [1.165, 1.54) is 6.92 Å². The van der Waals surface area contributed by atoms with Crippen molar-refractivity contribution >= 4 is 23.2 Å². The van der Waals surface area contributed by atoms with E-state index in [1.54, 1.807) is 11.3 Å². The Morgan fingerprint density at radius 3 is 2.54 bits per heavy atom. The van der Waals surface area contributed by atoms with Crippen LogP contribution in [0.5, 0.6) is 0 Å². The molecule has 0 aromatic carbocycles. The van der Waals surface area contributed by atoms with Gasteiger partial charge in [0.05, 0.1) is 12.5 Å². The van der Waals surface area contributed by atoms with Crippen LogP contribution in [0.3, 0.4) is 0 Å². The van der Waals surface area contributed by atoms with E-state index in [0.29, 0.717) is 12.5 Å². The minimum atomic E-state index is -0.225. The van der Waals surface area contributed by atoms with Gasteiger partial charge in [-0.15, -0.1) is 11.3 Å². The molecule has 0 radical (unpaired) electrons. The lowest BCUT2D eigenvalue weighted by atomic mass is 10.0. The number of piperidine rings is 1. The Balaban J connectivity index is 1.57. The molecule has 0 spiro atoms. The van der Waals surface area contributed by atoms with Crippen LogP contribution in [0, 0.1) is 0 Å². The van der Waals surface area contributed by atoms with Crippen molar-refractivity contribution in [2.45, 2.75) is 38.3 Å². The van der Waals surface area contributed by atoms with Crippen molar-refractivity contribution in [1.82, 2.24) is 14.8 Å². The fraction of sp³-hybridized carbons (Fsp3) is 0.444. The van der Waals surface area contributed by atoms with E-state index in [2.05, 4.69) is 22.3 Å². The van der Waals surface area contributed by atoms with E-state index in [9.17, 15) is 9.59 Å². The maximum Gasteiger partial charge on any atom is 0.225 e. The minimum absolute atomic E-state index is 0.104. The van der Waals surface area contributed by atoms with Gasteiger partial charge < -0.3 is 14.8 Å². The van der Waals surface area contributed by atoms with Gasteiger partial charge in [-0.25, -0.2) is 0 Å². The molecule has 1 atom stereocenters. The topological polar surface area (TPSA) is 54.3 Å². The zero-order valence-electron chi connectivity index (χ0n) is 13.9. The van der Waals surface area contributed by atoms with Crippen LogP contribution in [0.25, 0.3) is 0 Å². The molecule has 6 heteroatoms. The maximum atomic E-state index is 12.7. The van der Waals surface area contributed by atoms with Crippen LogP contribution in [0.15, 0.2) is 42.0 Å². The second-order valence-electron chi connectivity index (χ2n) is 6.21. The average Bonchev–Trinajstić information content (AvgIpc) is 3.27. The largest absolute Gasteiger partial charge is 0.351 e. The molecule has 1 saturated heterocycles. The third-order valence-corrected chi connectivity index (χ3v) is 5.50. The lowest BCUT2D eigenvalue weighted by Gasteiger charge is -2.33. The monoisotopic (exact) mass is 345 g/mol. The molecule has 1 fully saturated rings. The lowest BCUT2D eigenvalue weighted by molar-refractivity contribution is -0.133. The number of amides is 2. The quantitative estimate of drug-likeness (QED) is 0.906. The highest BCUT2D eigenvalue weighted by Crippen LogP contribution is 2.26. The van der Waals surface area contributed by atoms with Crippen molar-refractivity contribution in [3.05, 3.63) is 46.9 Å². The predicted octanol–water partition coefficient (Wildman–Crippen LogP) is 2.98. The van der Waals surface area contributed by atoms with Gasteiger partial charge in [-0.05, 0) is 36.4 Å². The highest BCUT2D eigenvalue weighted by molar-refractivity contribution is 7.10. The Morgan fingerprint density at radius 2 is 1.96 bits per heavy atom. The van der Waals surface area contributed by atoms with E-state index < -0.39 is 0 Å². The molecule has 0 aliphatic carbocycles. The van der Waals surface area contributed by atoms with Crippen LogP contribution in [0.4, 0.5) is 0 Å². The summed E-state index contributed by atoms with van der Waals surface area (Å²) in [5.41, 5.74) is 0. The number of hydrogen-bond acceptors (Lipinski definition) is 3. The third-order valence-electron chi connectivity index (χ3n) is 4.51. The summed E-state index contributed by atoms with van der Waals surface area (Å²) in [5, 5.41) is 4.87. The number of likely N-dealkylation sites (tertiary alicyclic amines) is 1. The van der Waals surface area contributed by atoms with Crippen LogP contribution in [-0.2, 0) is 9.59 Å². The second-order valence-corrected chi connectivity index (χ2v) is 7.19. The van der Waals surface area contributed by atoms with Crippen molar-refractivity contribution in [3.63, 3.8) is 0 Å². The van der Waals surface area contributed by atoms with Crippen LogP contribution in [0.1, 0.15) is 43.1 Å². The Morgan fingerprint density at radius 1 is 1.25 bits per heavy atom. The normalized spacial score (nSPS) is 16.8. The van der Waals surface area contributed by atoms with Gasteiger partial charge in [-0.2, -0.15) is 0 Å². The molecule has 5 nitrogen and oxygen atoms in total. The molecule has 2 aromatic heterocycles. The van der Waals surface area contributed by atoms with Gasteiger partial charge in [0.2, 0.25) is 11.8 Å². The highest BCUT2D eigenvalue weighted by atomic mass is 32.1. The Kier molecular flexibility index (Phi) is 5.35. The van der Waals surface area contributed by atoms with Gasteiger partial charge in [0.1, 0.15) is 0 Å². The van der Waals surface area contributed by atoms with Gasteiger partial charge in [0.15, 0.2) is 0 Å². The standard InChI is InChI=1S/C18H23N3O2S/c1-14(22)19-16(17-5-4-12-24-17)13-18(23)21-10-6-15(7-11-21)20-8-2-3-9-20/h2-5,8-9,12,15-16H,6-7,10-11,13H2,1H3,(H,19,22)/t16-/m0/s1. The summed E-state index contributed by atoms with van der Waals surface area (Å²) in [7, 11) is 0. The second kappa shape index (κ2) is 7.66. The molecule has 24 heavy (non-hydrogen) atoms. The first kappa shape index (κ1) is 16.8. The number of rotatable bonds is 5. The third kappa shape index (κ3) is 4.06. The first-order chi connectivity index (χ1) is 11.6. The zero-order valence-corrected chi connectivity index (χ0v) is 14.7. The summed E-state index contributed by atoms with van der Waals surface area (Å²) in [6.07, 6.45) is 6.46. The molecule has 2 aromatic rings. The Labute approximate surface area is 146 Å². The van der Waals surface area contributed by atoms with Gasteiger partial charge in [0, 0.05) is 43.3 Å². The molecule has 1 N–H and O–H groups in total. The van der Waals surface area contributed by atoms with Crippen molar-refractivity contribution in [3.8, 4) is 0 Å². The van der Waals surface area contributed by atoms with E-state index in [0.717, 1.165) is 30.8 Å². The van der Waals surface area contributed by atoms with Gasteiger partial charge in [-0.3, -0.25) is 9.59 Å². The molecule has 1 aliphatic heterocycles. The van der Waals surface area contributed by atoms with Crippen LogP contribution in [0.2, 0.25) is 0 Å². The zero-order chi connectivity index (χ0) is 16.9. The molecule has 2 amide bonds. The molecule has 0 bridgehead atoms. The smallest absolute Gasteiger partial charge is 0.225 e. The van der Waals surface area contributed by atoms with Crippen molar-refractivity contribution in [1.29, 1.82) is 0 Å². The summed E-state index contributed by atoms with van der Waals surface area (Å²) in [6, 6.07) is 8.25. The fourth-order valence-corrected chi connectivity index (χ4v) is 4.04. The molecular weight excluding hydrogens is 322 g/mol. The molecular formula is C18H23N3O2S. The molecule has 0 unspecified atom stereocenters. The van der Waals surface area contributed by atoms with E-state index in [-0.39, 0.29) is 17.9 Å². The number of thiophene rings is 1. The van der Waals surface area contributed by atoms with Crippen molar-refractivity contribution < 1.29 is 9.59 Å². The summed E-state index contributed by atoms with van der Waals surface area (Å²) in [5.74, 6) is 0.0145. The number of carbonyl (C=O) groups is 2. The Bertz CT molecular complexity index is 659. The summed E-state index contributed by atoms with van der Waals surface area (Å²) >= 11 is 1.57. The average molecular weight is 345 g/mol. The van der Waals surface area contributed by atoms with Gasteiger partial charge in [0.25, 0.3) is 0 Å². The number of nitrogens with one attached hydrogen (secondary N) is 1. The maximum absolute atomic E-state index is 12.7. The van der Waals surface area contributed by atoms with Crippen molar-refractivity contribution in [2.75, 3.05) is 13.1 Å². The predicted molar refractivity (Wildman–Crippen MR) is 94.8 cm³/mol. The van der Waals surface area contributed by atoms with E-state index in [4.69, 9.17) is 0 Å². The minimum Gasteiger partial charge on any atom is -0.351 e. The molecule has 128 valence electrons. The van der Waals surface area contributed by atoms with E-state index >= 15 is 0 Å². The lowest BCUT2D eigenvalue weighted by Crippen LogP contribution is -2.40. The summed E-state index contributed by atoms with van der Waals surface area (Å²) in [6.45, 7) is 3.05. The molecule has 0 saturated carbocycles. The highest BCUT2D eigenvalue weighted by Gasteiger charge is 2.26. The summed E-state index contributed by atoms with van der Waals surface area (Å²) < 4.78 is 2.23. The van der Waals surface area contributed by atoms with E-state index in [1.807, 2.05) is 34.5 Å².